The van der Waals surface area contributed by atoms with Gasteiger partial charge >= 0.3 is 0 Å². The van der Waals surface area contributed by atoms with E-state index in [1.807, 2.05) is 0 Å². The Morgan fingerprint density at radius 3 is 2.45 bits per heavy atom. The molecule has 20 heavy (non-hydrogen) atoms. The fourth-order valence-corrected chi connectivity index (χ4v) is 2.71. The van der Waals surface area contributed by atoms with Crippen molar-refractivity contribution in [2.24, 2.45) is 0 Å². The van der Waals surface area contributed by atoms with Gasteiger partial charge in [-0.15, -0.1) is 0 Å². The Morgan fingerprint density at radius 1 is 1.20 bits per heavy atom. The van der Waals surface area contributed by atoms with Crippen molar-refractivity contribution in [3.8, 4) is 0 Å². The maximum absolute atomic E-state index is 10.0. The molecule has 1 aliphatic rings. The van der Waals surface area contributed by atoms with Crippen LogP contribution in [0.15, 0.2) is 24.3 Å². The van der Waals surface area contributed by atoms with Crippen molar-refractivity contribution in [3.05, 3.63) is 35.4 Å². The van der Waals surface area contributed by atoms with Crippen LogP contribution >= 0.6 is 0 Å². The third kappa shape index (κ3) is 4.89. The van der Waals surface area contributed by atoms with Gasteiger partial charge in [0, 0.05) is 26.2 Å². The van der Waals surface area contributed by atoms with Crippen molar-refractivity contribution in [1.29, 1.82) is 0 Å². The Balaban J connectivity index is 1.72. The van der Waals surface area contributed by atoms with Gasteiger partial charge in [-0.1, -0.05) is 37.6 Å². The highest BCUT2D eigenvalue weighted by atomic mass is 16.5. The van der Waals surface area contributed by atoms with E-state index >= 15 is 0 Å². The Morgan fingerprint density at radius 2 is 1.85 bits per heavy atom. The molecule has 0 saturated heterocycles. The number of aliphatic hydroxyl groups is 1. The highest BCUT2D eigenvalue weighted by Crippen LogP contribution is 2.15. The van der Waals surface area contributed by atoms with Crippen molar-refractivity contribution >= 4 is 0 Å². The van der Waals surface area contributed by atoms with Crippen molar-refractivity contribution in [1.82, 2.24) is 4.90 Å². The number of rotatable bonds is 7. The lowest BCUT2D eigenvalue weighted by Crippen LogP contribution is -2.36. The van der Waals surface area contributed by atoms with E-state index in [-0.39, 0.29) is 6.10 Å². The number of β-amino-alcohol motifs (C(OH)–C–C–N with tert-alkyl or cyclic N) is 1. The molecule has 2 rings (SSSR count). The summed E-state index contributed by atoms with van der Waals surface area (Å²) in [6, 6.07) is 8.68. The van der Waals surface area contributed by atoms with Gasteiger partial charge in [0.1, 0.15) is 0 Å². The molecule has 0 aliphatic carbocycles. The van der Waals surface area contributed by atoms with E-state index in [1.165, 1.54) is 11.1 Å². The minimum Gasteiger partial charge on any atom is -0.389 e. The van der Waals surface area contributed by atoms with Crippen LogP contribution in [0.3, 0.4) is 0 Å². The molecule has 0 amide bonds. The maximum Gasteiger partial charge on any atom is 0.0900 e. The van der Waals surface area contributed by atoms with Gasteiger partial charge in [-0.05, 0) is 30.4 Å². The first-order valence-corrected chi connectivity index (χ1v) is 7.84. The first kappa shape index (κ1) is 15.5. The van der Waals surface area contributed by atoms with E-state index in [0.717, 1.165) is 51.9 Å². The predicted octanol–water partition coefficient (Wildman–Crippen LogP) is 2.26. The van der Waals surface area contributed by atoms with Gasteiger partial charge in [0.15, 0.2) is 0 Å². The molecule has 1 unspecified atom stereocenters. The van der Waals surface area contributed by atoms with E-state index in [1.54, 1.807) is 0 Å². The zero-order valence-electron chi connectivity index (χ0n) is 12.6. The Hall–Kier alpha value is -0.900. The molecule has 3 nitrogen and oxygen atoms in total. The van der Waals surface area contributed by atoms with Crippen LogP contribution in [0, 0.1) is 0 Å². The standard InChI is InChI=1S/C17H27NO2/c1-2-3-12-20-14-17(19)13-18-10-8-15-6-4-5-7-16(15)9-11-18/h4-7,17,19H,2-3,8-14H2,1H3. The molecule has 3 heteroatoms. The number of unbranched alkanes of at least 4 members (excludes halogenated alkanes) is 1. The van der Waals surface area contributed by atoms with Crippen LogP contribution in [0.4, 0.5) is 0 Å². The highest BCUT2D eigenvalue weighted by Gasteiger charge is 2.16. The van der Waals surface area contributed by atoms with Gasteiger partial charge in [-0.3, -0.25) is 0 Å². The minimum atomic E-state index is -0.368. The zero-order valence-corrected chi connectivity index (χ0v) is 12.6. The van der Waals surface area contributed by atoms with E-state index in [4.69, 9.17) is 4.74 Å². The Labute approximate surface area is 122 Å². The molecule has 112 valence electrons. The summed E-state index contributed by atoms with van der Waals surface area (Å²) < 4.78 is 5.49. The SMILES string of the molecule is CCCCOCC(O)CN1CCc2ccccc2CC1. The average molecular weight is 277 g/mol. The molecule has 1 heterocycles. The molecular weight excluding hydrogens is 250 g/mol. The number of hydrogen-bond donors (Lipinski definition) is 1. The van der Waals surface area contributed by atoms with Crippen molar-refractivity contribution in [3.63, 3.8) is 0 Å². The molecule has 0 radical (unpaired) electrons. The summed E-state index contributed by atoms with van der Waals surface area (Å²) in [5, 5.41) is 10.0. The van der Waals surface area contributed by atoms with Crippen molar-refractivity contribution in [2.75, 3.05) is 32.8 Å². The fourth-order valence-electron chi connectivity index (χ4n) is 2.71. The highest BCUT2D eigenvalue weighted by molar-refractivity contribution is 5.28. The molecule has 0 fully saturated rings. The molecular formula is C17H27NO2. The van der Waals surface area contributed by atoms with Gasteiger partial charge in [0.25, 0.3) is 0 Å². The van der Waals surface area contributed by atoms with Gasteiger partial charge < -0.3 is 14.7 Å². The van der Waals surface area contributed by atoms with Gasteiger partial charge in [-0.25, -0.2) is 0 Å². The lowest BCUT2D eigenvalue weighted by molar-refractivity contribution is 0.0165. The number of fused-ring (bicyclic) bond motifs is 1. The van der Waals surface area contributed by atoms with Crippen molar-refractivity contribution in [2.45, 2.75) is 38.7 Å². The van der Waals surface area contributed by atoms with E-state index in [0.29, 0.717) is 6.61 Å². The molecule has 1 atom stereocenters. The second-order valence-corrected chi connectivity index (χ2v) is 5.65. The summed E-state index contributed by atoms with van der Waals surface area (Å²) in [7, 11) is 0. The quantitative estimate of drug-likeness (QED) is 0.776. The number of ether oxygens (including phenoxy) is 1. The molecule has 0 spiro atoms. The summed E-state index contributed by atoms with van der Waals surface area (Å²) in [5.74, 6) is 0. The zero-order chi connectivity index (χ0) is 14.2. The monoisotopic (exact) mass is 277 g/mol. The third-order valence-electron chi connectivity index (χ3n) is 3.93. The number of nitrogens with zero attached hydrogens (tertiary/aromatic N) is 1. The molecule has 0 saturated carbocycles. The van der Waals surface area contributed by atoms with Crippen LogP contribution in [-0.4, -0.2) is 49.0 Å². The summed E-state index contributed by atoms with van der Waals surface area (Å²) in [4.78, 5) is 2.36. The van der Waals surface area contributed by atoms with Crippen LogP contribution in [0.5, 0.6) is 0 Å². The first-order chi connectivity index (χ1) is 9.79. The maximum atomic E-state index is 10.0. The Bertz CT molecular complexity index is 367. The van der Waals surface area contributed by atoms with Crippen LogP contribution in [0.1, 0.15) is 30.9 Å². The lowest BCUT2D eigenvalue weighted by atomic mass is 10.0. The fraction of sp³-hybridized carbons (Fsp3) is 0.647. The number of aliphatic hydroxyl groups excluding tert-OH is 1. The van der Waals surface area contributed by atoms with E-state index in [9.17, 15) is 5.11 Å². The van der Waals surface area contributed by atoms with E-state index < -0.39 is 0 Å². The molecule has 1 N–H and O–H groups in total. The molecule has 1 aromatic carbocycles. The van der Waals surface area contributed by atoms with Crippen LogP contribution < -0.4 is 0 Å². The van der Waals surface area contributed by atoms with Gasteiger partial charge in [-0.2, -0.15) is 0 Å². The molecule has 0 aromatic heterocycles. The topological polar surface area (TPSA) is 32.7 Å². The van der Waals surface area contributed by atoms with Crippen molar-refractivity contribution < 1.29 is 9.84 Å². The molecule has 1 aliphatic heterocycles. The van der Waals surface area contributed by atoms with Crippen LogP contribution in [-0.2, 0) is 17.6 Å². The van der Waals surface area contributed by atoms with Gasteiger partial charge in [0.2, 0.25) is 0 Å². The number of benzene rings is 1. The van der Waals surface area contributed by atoms with Gasteiger partial charge in [0.05, 0.1) is 12.7 Å². The normalized spacial score (nSPS) is 17.5. The summed E-state index contributed by atoms with van der Waals surface area (Å²) >= 11 is 0. The van der Waals surface area contributed by atoms with Crippen LogP contribution in [0.25, 0.3) is 0 Å². The third-order valence-corrected chi connectivity index (χ3v) is 3.93. The summed E-state index contributed by atoms with van der Waals surface area (Å²) in [6.45, 7) is 6.16. The van der Waals surface area contributed by atoms with Crippen LogP contribution in [0.2, 0.25) is 0 Å². The number of hydrogen-bond acceptors (Lipinski definition) is 3. The second-order valence-electron chi connectivity index (χ2n) is 5.65. The molecule has 0 bridgehead atoms. The van der Waals surface area contributed by atoms with E-state index in [2.05, 4.69) is 36.1 Å². The average Bonchev–Trinajstić information content (AvgIpc) is 2.67. The molecule has 1 aromatic rings. The minimum absolute atomic E-state index is 0.368. The summed E-state index contributed by atoms with van der Waals surface area (Å²) in [5.41, 5.74) is 2.92. The smallest absolute Gasteiger partial charge is 0.0900 e. The lowest BCUT2D eigenvalue weighted by Gasteiger charge is -2.23. The predicted molar refractivity (Wildman–Crippen MR) is 82.0 cm³/mol. The second kappa shape index (κ2) is 8.40. The largest absolute Gasteiger partial charge is 0.389 e. The Kier molecular flexibility index (Phi) is 6.51. The summed E-state index contributed by atoms with van der Waals surface area (Å²) in [6.07, 6.45) is 4.01. The first-order valence-electron chi connectivity index (χ1n) is 7.84.